The molecule has 4 fully saturated rings. The van der Waals surface area contributed by atoms with E-state index >= 15 is 0 Å². The Morgan fingerprint density at radius 3 is 1.56 bits per heavy atom. The van der Waals surface area contributed by atoms with E-state index in [4.69, 9.17) is 9.47 Å². The summed E-state index contributed by atoms with van der Waals surface area (Å²) in [6.45, 7) is 0. The third-order valence-corrected chi connectivity index (χ3v) is 10.9. The van der Waals surface area contributed by atoms with Crippen LogP contribution in [0.25, 0.3) is 0 Å². The number of fused-ring (bicyclic) bond motifs is 4. The van der Waals surface area contributed by atoms with Crippen molar-refractivity contribution in [3.63, 3.8) is 0 Å². The molecule has 0 amide bonds. The van der Waals surface area contributed by atoms with Crippen molar-refractivity contribution < 1.29 is 19.1 Å². The van der Waals surface area contributed by atoms with Gasteiger partial charge < -0.3 is 9.47 Å². The molecule has 140 valence electrons. The number of ether oxygens (including phenoxy) is 2. The zero-order valence-electron chi connectivity index (χ0n) is 14.1. The summed E-state index contributed by atoms with van der Waals surface area (Å²) in [5.74, 6) is 2.78. The summed E-state index contributed by atoms with van der Waals surface area (Å²) in [4.78, 5) is 23.8. The number of rotatable bonds is 6. The van der Waals surface area contributed by atoms with Gasteiger partial charge in [0.25, 0.3) is 0 Å². The minimum absolute atomic E-state index is 0.151. The Morgan fingerprint density at radius 1 is 0.720 bits per heavy atom. The lowest BCUT2D eigenvalue weighted by molar-refractivity contribution is 0.0849. The van der Waals surface area contributed by atoms with E-state index in [1.807, 2.05) is 0 Å². The van der Waals surface area contributed by atoms with Crippen LogP contribution >= 0.6 is 43.2 Å². The Labute approximate surface area is 164 Å². The van der Waals surface area contributed by atoms with Gasteiger partial charge in [0.1, 0.15) is 12.2 Å². The molecular weight excluding hydrogens is 396 g/mol. The Morgan fingerprint density at radius 2 is 1.20 bits per heavy atom. The zero-order chi connectivity index (χ0) is 17.2. The lowest BCUT2D eigenvalue weighted by atomic mass is 9.98. The molecule has 6 atom stereocenters. The van der Waals surface area contributed by atoms with Crippen molar-refractivity contribution in [2.24, 2.45) is 23.7 Å². The van der Waals surface area contributed by atoms with E-state index in [9.17, 15) is 9.59 Å². The van der Waals surface area contributed by atoms with E-state index in [-0.39, 0.29) is 22.8 Å². The molecule has 0 heterocycles. The molecule has 4 aliphatic rings. The van der Waals surface area contributed by atoms with Crippen molar-refractivity contribution in [1.82, 2.24) is 0 Å². The Bertz CT molecular complexity index is 473. The average molecular weight is 421 g/mol. The van der Waals surface area contributed by atoms with Gasteiger partial charge in [-0.1, -0.05) is 21.6 Å². The molecule has 0 spiro atoms. The third-order valence-electron chi connectivity index (χ3n) is 6.19. The van der Waals surface area contributed by atoms with Gasteiger partial charge in [0.2, 0.25) is 0 Å². The summed E-state index contributed by atoms with van der Waals surface area (Å²) in [6.07, 6.45) is 9.97. The van der Waals surface area contributed by atoms with Crippen molar-refractivity contribution in [2.75, 3.05) is 5.08 Å². The van der Waals surface area contributed by atoms with Gasteiger partial charge >= 0.3 is 10.6 Å². The fourth-order valence-electron chi connectivity index (χ4n) is 5.11. The largest absolute Gasteiger partial charge is 0.453 e. The lowest BCUT2D eigenvalue weighted by Gasteiger charge is -2.21. The maximum Gasteiger partial charge on any atom is 0.378 e. The summed E-state index contributed by atoms with van der Waals surface area (Å²) in [5, 5.41) is 0.294. The van der Waals surface area contributed by atoms with Gasteiger partial charge in [-0.15, -0.1) is 0 Å². The van der Waals surface area contributed by atoms with Crippen molar-refractivity contribution in [1.29, 1.82) is 0 Å². The first kappa shape index (κ1) is 18.7. The van der Waals surface area contributed by atoms with Gasteiger partial charge in [-0.05, 0) is 75.0 Å². The first-order valence-electron chi connectivity index (χ1n) is 9.17. The average Bonchev–Trinajstić information content (AvgIpc) is 3.35. The SMILES string of the molecule is O=C(OC1CC2CCC1C2)SSCSSC(=O)OC1CC2CCC1C2. The van der Waals surface area contributed by atoms with Crippen LogP contribution in [0.15, 0.2) is 0 Å². The second-order valence-corrected chi connectivity index (χ2v) is 12.5. The topological polar surface area (TPSA) is 52.6 Å². The summed E-state index contributed by atoms with van der Waals surface area (Å²) < 4.78 is 11.2. The molecule has 0 aromatic heterocycles. The normalized spacial score (nSPS) is 38.2. The maximum atomic E-state index is 11.9. The Hall–Kier alpha value is 0.340. The summed E-state index contributed by atoms with van der Waals surface area (Å²) in [7, 11) is 5.18. The first-order chi connectivity index (χ1) is 12.2. The number of hydrogen-bond acceptors (Lipinski definition) is 8. The minimum atomic E-state index is -0.183. The van der Waals surface area contributed by atoms with Gasteiger partial charge in [-0.3, -0.25) is 0 Å². The highest BCUT2D eigenvalue weighted by Crippen LogP contribution is 2.48. The van der Waals surface area contributed by atoms with E-state index in [0.29, 0.717) is 16.9 Å². The van der Waals surface area contributed by atoms with Crippen molar-refractivity contribution in [3.05, 3.63) is 0 Å². The minimum Gasteiger partial charge on any atom is -0.453 e. The van der Waals surface area contributed by atoms with Gasteiger partial charge in [-0.25, -0.2) is 9.59 Å². The van der Waals surface area contributed by atoms with E-state index in [1.165, 1.54) is 60.1 Å². The molecule has 0 aromatic carbocycles. The number of carbonyl (C=O) groups is 2. The van der Waals surface area contributed by atoms with E-state index in [2.05, 4.69) is 0 Å². The van der Waals surface area contributed by atoms with Crippen LogP contribution in [0.1, 0.15) is 51.4 Å². The monoisotopic (exact) mass is 420 g/mol. The van der Waals surface area contributed by atoms with Crippen LogP contribution in [-0.4, -0.2) is 27.9 Å². The van der Waals surface area contributed by atoms with Crippen LogP contribution in [0, 0.1) is 23.7 Å². The van der Waals surface area contributed by atoms with Gasteiger partial charge in [0, 0.05) is 21.6 Å². The van der Waals surface area contributed by atoms with Crippen LogP contribution in [0.3, 0.4) is 0 Å². The first-order valence-corrected chi connectivity index (χ1v) is 13.8. The maximum absolute atomic E-state index is 11.9. The molecule has 4 nitrogen and oxygen atoms in total. The molecule has 25 heavy (non-hydrogen) atoms. The van der Waals surface area contributed by atoms with Crippen LogP contribution in [-0.2, 0) is 9.47 Å². The van der Waals surface area contributed by atoms with Crippen molar-refractivity contribution in [3.8, 4) is 0 Å². The smallest absolute Gasteiger partial charge is 0.378 e. The van der Waals surface area contributed by atoms with Crippen LogP contribution < -0.4 is 0 Å². The predicted octanol–water partition coefficient (Wildman–Crippen LogP) is 6.36. The molecule has 4 rings (SSSR count). The molecule has 8 heteroatoms. The van der Waals surface area contributed by atoms with Crippen LogP contribution in [0.2, 0.25) is 0 Å². The fraction of sp³-hybridized carbons (Fsp3) is 0.882. The highest BCUT2D eigenvalue weighted by molar-refractivity contribution is 8.89. The highest BCUT2D eigenvalue weighted by Gasteiger charge is 2.42. The van der Waals surface area contributed by atoms with Crippen molar-refractivity contribution >= 4 is 53.8 Å². The molecule has 0 aromatic rings. The van der Waals surface area contributed by atoms with Crippen LogP contribution in [0.5, 0.6) is 0 Å². The molecule has 6 unspecified atom stereocenters. The van der Waals surface area contributed by atoms with Gasteiger partial charge in [-0.2, -0.15) is 0 Å². The van der Waals surface area contributed by atoms with E-state index in [1.54, 1.807) is 0 Å². The molecule has 4 saturated carbocycles. The number of hydrogen-bond donors (Lipinski definition) is 0. The van der Waals surface area contributed by atoms with Gasteiger partial charge in [0.15, 0.2) is 0 Å². The van der Waals surface area contributed by atoms with E-state index < -0.39 is 0 Å². The summed E-state index contributed by atoms with van der Waals surface area (Å²) in [5.41, 5.74) is 0. The molecule has 0 radical (unpaired) electrons. The second kappa shape index (κ2) is 8.57. The standard InChI is InChI=1S/C17H24O4S4/c18-16(20-14-7-10-1-3-12(14)5-10)24-22-9-23-25-17(19)21-15-8-11-2-4-13(15)6-11/h10-15H,1-9H2. The summed E-state index contributed by atoms with van der Waals surface area (Å²) >= 11 is 0. The third kappa shape index (κ3) is 4.79. The lowest BCUT2D eigenvalue weighted by Crippen LogP contribution is -2.21. The molecule has 0 aliphatic heterocycles. The van der Waals surface area contributed by atoms with Crippen molar-refractivity contribution in [2.45, 2.75) is 63.6 Å². The molecule has 4 bridgehead atoms. The van der Waals surface area contributed by atoms with Gasteiger partial charge in [0.05, 0.1) is 5.08 Å². The predicted molar refractivity (Wildman–Crippen MR) is 107 cm³/mol. The second-order valence-electron chi connectivity index (χ2n) is 7.68. The Kier molecular flexibility index (Phi) is 6.41. The Balaban J connectivity index is 1.04. The zero-order valence-corrected chi connectivity index (χ0v) is 17.4. The fourth-order valence-corrected chi connectivity index (χ4v) is 9.27. The summed E-state index contributed by atoms with van der Waals surface area (Å²) in [6, 6.07) is 0. The quantitative estimate of drug-likeness (QED) is 0.213. The van der Waals surface area contributed by atoms with Crippen LogP contribution in [0.4, 0.5) is 9.59 Å². The highest BCUT2D eigenvalue weighted by atomic mass is 33.1. The molecular formula is C17H24O4S4. The molecule has 0 saturated heterocycles. The molecule has 4 aliphatic carbocycles. The number of carbonyl (C=O) groups excluding carboxylic acids is 2. The molecule has 0 N–H and O–H groups in total. The van der Waals surface area contributed by atoms with E-state index in [0.717, 1.165) is 46.3 Å².